The molecule has 2 aromatic carbocycles. The Morgan fingerprint density at radius 2 is 1.71 bits per heavy atom. The van der Waals surface area contributed by atoms with E-state index in [2.05, 4.69) is 27.9 Å². The largest absolute Gasteiger partial charge is 0.322 e. The van der Waals surface area contributed by atoms with Gasteiger partial charge in [0, 0.05) is 9.26 Å². The molecular weight excluding hydrogens is 325 g/mol. The fourth-order valence-corrected chi connectivity index (χ4v) is 2.11. The minimum absolute atomic E-state index is 0.0705. The van der Waals surface area contributed by atoms with Crippen molar-refractivity contribution in [2.75, 3.05) is 5.32 Å². The van der Waals surface area contributed by atoms with E-state index in [4.69, 9.17) is 0 Å². The van der Waals surface area contributed by atoms with Gasteiger partial charge in [0.2, 0.25) is 0 Å². The molecule has 0 bridgehead atoms. The molecule has 2 aromatic rings. The van der Waals surface area contributed by atoms with Gasteiger partial charge in [-0.15, -0.1) is 0 Å². The van der Waals surface area contributed by atoms with E-state index in [1.54, 1.807) is 0 Å². The number of benzene rings is 2. The Balaban J connectivity index is 2.17. The molecule has 0 aromatic heterocycles. The number of carbonyl (C=O) groups is 1. The van der Waals surface area contributed by atoms with Gasteiger partial charge in [-0.25, -0.2) is 0 Å². The monoisotopic (exact) mass is 337 g/mol. The Kier molecular flexibility index (Phi) is 3.78. The van der Waals surface area contributed by atoms with E-state index in [-0.39, 0.29) is 5.91 Å². The SMILES string of the molecule is Cc1ccc(NC(=O)c2ccccc2I)cc1. The first-order chi connectivity index (χ1) is 8.16. The minimum Gasteiger partial charge on any atom is -0.322 e. The first-order valence-electron chi connectivity index (χ1n) is 5.29. The Morgan fingerprint density at radius 1 is 1.06 bits per heavy atom. The van der Waals surface area contributed by atoms with Crippen LogP contribution in [0.3, 0.4) is 0 Å². The third-order valence-electron chi connectivity index (χ3n) is 2.43. The van der Waals surface area contributed by atoms with Crippen LogP contribution in [0.1, 0.15) is 15.9 Å². The molecule has 2 nitrogen and oxygen atoms in total. The van der Waals surface area contributed by atoms with Crippen molar-refractivity contribution in [1.82, 2.24) is 0 Å². The number of anilines is 1. The predicted molar refractivity (Wildman–Crippen MR) is 78.3 cm³/mol. The Labute approximate surface area is 114 Å². The summed E-state index contributed by atoms with van der Waals surface area (Å²) in [7, 11) is 0. The van der Waals surface area contributed by atoms with Crippen LogP contribution in [0.15, 0.2) is 48.5 Å². The standard InChI is InChI=1S/C14H12INO/c1-10-6-8-11(9-7-10)16-14(17)12-4-2-3-5-13(12)15/h2-9H,1H3,(H,16,17). The highest BCUT2D eigenvalue weighted by molar-refractivity contribution is 14.1. The van der Waals surface area contributed by atoms with Crippen molar-refractivity contribution in [1.29, 1.82) is 0 Å². The van der Waals surface area contributed by atoms with Crippen LogP contribution < -0.4 is 5.32 Å². The summed E-state index contributed by atoms with van der Waals surface area (Å²) in [4.78, 5) is 12.0. The van der Waals surface area contributed by atoms with E-state index in [0.29, 0.717) is 5.56 Å². The lowest BCUT2D eigenvalue weighted by molar-refractivity contribution is 0.102. The van der Waals surface area contributed by atoms with Crippen LogP contribution >= 0.6 is 22.6 Å². The number of carbonyl (C=O) groups excluding carboxylic acids is 1. The zero-order valence-corrected chi connectivity index (χ0v) is 11.6. The summed E-state index contributed by atoms with van der Waals surface area (Å²) in [6.45, 7) is 2.02. The first kappa shape index (κ1) is 12.1. The topological polar surface area (TPSA) is 29.1 Å². The average molecular weight is 337 g/mol. The maximum Gasteiger partial charge on any atom is 0.256 e. The summed E-state index contributed by atoms with van der Waals surface area (Å²) in [5.74, 6) is -0.0705. The molecule has 1 N–H and O–H groups in total. The molecule has 0 aliphatic heterocycles. The Hall–Kier alpha value is -1.36. The van der Waals surface area contributed by atoms with Gasteiger partial charge in [-0.2, -0.15) is 0 Å². The zero-order valence-electron chi connectivity index (χ0n) is 9.41. The summed E-state index contributed by atoms with van der Waals surface area (Å²) in [5, 5.41) is 2.88. The van der Waals surface area contributed by atoms with Gasteiger partial charge in [-0.05, 0) is 53.8 Å². The molecule has 0 radical (unpaired) electrons. The van der Waals surface area contributed by atoms with E-state index in [1.165, 1.54) is 5.56 Å². The molecule has 0 aliphatic carbocycles. The number of amides is 1. The number of aryl methyl sites for hydroxylation is 1. The first-order valence-corrected chi connectivity index (χ1v) is 6.37. The molecule has 0 saturated carbocycles. The Bertz CT molecular complexity index is 534. The maximum atomic E-state index is 12.0. The third kappa shape index (κ3) is 3.06. The van der Waals surface area contributed by atoms with Crippen LogP contribution in [0.5, 0.6) is 0 Å². The van der Waals surface area contributed by atoms with Crippen LogP contribution in [0.4, 0.5) is 5.69 Å². The lowest BCUT2D eigenvalue weighted by atomic mass is 10.2. The van der Waals surface area contributed by atoms with Crippen molar-refractivity contribution in [3.63, 3.8) is 0 Å². The molecule has 17 heavy (non-hydrogen) atoms. The van der Waals surface area contributed by atoms with Gasteiger partial charge in [0.05, 0.1) is 5.56 Å². The number of rotatable bonds is 2. The van der Waals surface area contributed by atoms with Crippen LogP contribution in [0, 0.1) is 10.5 Å². The van der Waals surface area contributed by atoms with Crippen LogP contribution in [-0.2, 0) is 0 Å². The molecule has 0 spiro atoms. The van der Waals surface area contributed by atoms with Crippen LogP contribution in [0.25, 0.3) is 0 Å². The highest BCUT2D eigenvalue weighted by atomic mass is 127. The van der Waals surface area contributed by atoms with Crippen LogP contribution in [-0.4, -0.2) is 5.91 Å². The fourth-order valence-electron chi connectivity index (χ4n) is 1.48. The van der Waals surface area contributed by atoms with Gasteiger partial charge < -0.3 is 5.32 Å². The molecule has 0 atom stereocenters. The van der Waals surface area contributed by atoms with Gasteiger partial charge in [0.15, 0.2) is 0 Å². The van der Waals surface area contributed by atoms with Gasteiger partial charge in [-0.3, -0.25) is 4.79 Å². The second kappa shape index (κ2) is 5.31. The minimum atomic E-state index is -0.0705. The highest BCUT2D eigenvalue weighted by Gasteiger charge is 2.08. The summed E-state index contributed by atoms with van der Waals surface area (Å²) in [6.07, 6.45) is 0. The molecule has 0 saturated heterocycles. The molecule has 1 amide bonds. The van der Waals surface area contributed by atoms with E-state index in [1.807, 2.05) is 55.5 Å². The Morgan fingerprint density at radius 3 is 2.35 bits per heavy atom. The molecule has 0 aliphatic rings. The van der Waals surface area contributed by atoms with Crippen LogP contribution in [0.2, 0.25) is 0 Å². The summed E-state index contributed by atoms with van der Waals surface area (Å²) < 4.78 is 0.953. The maximum absolute atomic E-state index is 12.0. The summed E-state index contributed by atoms with van der Waals surface area (Å²) >= 11 is 2.16. The molecule has 3 heteroatoms. The van der Waals surface area contributed by atoms with Gasteiger partial charge in [-0.1, -0.05) is 29.8 Å². The van der Waals surface area contributed by atoms with Crippen molar-refractivity contribution in [3.8, 4) is 0 Å². The number of nitrogens with one attached hydrogen (secondary N) is 1. The fraction of sp³-hybridized carbons (Fsp3) is 0.0714. The van der Waals surface area contributed by atoms with Crippen molar-refractivity contribution >= 4 is 34.2 Å². The molecule has 0 unspecified atom stereocenters. The second-order valence-electron chi connectivity index (χ2n) is 3.80. The zero-order chi connectivity index (χ0) is 12.3. The summed E-state index contributed by atoms with van der Waals surface area (Å²) in [6, 6.07) is 15.3. The number of halogens is 1. The lowest BCUT2D eigenvalue weighted by Gasteiger charge is -2.06. The van der Waals surface area contributed by atoms with E-state index in [0.717, 1.165) is 9.26 Å². The quantitative estimate of drug-likeness (QED) is 0.829. The number of hydrogen-bond acceptors (Lipinski definition) is 1. The van der Waals surface area contributed by atoms with Crippen molar-refractivity contribution < 1.29 is 4.79 Å². The van der Waals surface area contributed by atoms with Gasteiger partial charge in [0.25, 0.3) is 5.91 Å². The predicted octanol–water partition coefficient (Wildman–Crippen LogP) is 3.85. The smallest absolute Gasteiger partial charge is 0.256 e. The van der Waals surface area contributed by atoms with Crippen molar-refractivity contribution in [3.05, 3.63) is 63.2 Å². The molecule has 86 valence electrons. The third-order valence-corrected chi connectivity index (χ3v) is 3.37. The summed E-state index contributed by atoms with van der Waals surface area (Å²) in [5.41, 5.74) is 2.70. The van der Waals surface area contributed by atoms with E-state index in [9.17, 15) is 4.79 Å². The lowest BCUT2D eigenvalue weighted by Crippen LogP contribution is -2.13. The number of hydrogen-bond donors (Lipinski definition) is 1. The van der Waals surface area contributed by atoms with E-state index < -0.39 is 0 Å². The molecular formula is C14H12INO. The van der Waals surface area contributed by atoms with Crippen molar-refractivity contribution in [2.24, 2.45) is 0 Å². The van der Waals surface area contributed by atoms with Gasteiger partial charge >= 0.3 is 0 Å². The second-order valence-corrected chi connectivity index (χ2v) is 4.96. The van der Waals surface area contributed by atoms with E-state index >= 15 is 0 Å². The normalized spacial score (nSPS) is 10.0. The molecule has 0 fully saturated rings. The highest BCUT2D eigenvalue weighted by Crippen LogP contribution is 2.15. The molecule has 0 heterocycles. The van der Waals surface area contributed by atoms with Crippen molar-refractivity contribution in [2.45, 2.75) is 6.92 Å². The average Bonchev–Trinajstić information content (AvgIpc) is 2.32. The molecule has 2 rings (SSSR count). The van der Waals surface area contributed by atoms with Gasteiger partial charge in [0.1, 0.15) is 0 Å².